The van der Waals surface area contributed by atoms with E-state index in [0.717, 1.165) is 5.56 Å². The van der Waals surface area contributed by atoms with Crippen LogP contribution in [0.25, 0.3) is 0 Å². The summed E-state index contributed by atoms with van der Waals surface area (Å²) in [6.45, 7) is 4.98. The van der Waals surface area contributed by atoms with Crippen LogP contribution in [0.3, 0.4) is 0 Å². The molecule has 0 aliphatic heterocycles. The first-order valence-corrected chi connectivity index (χ1v) is 4.86. The minimum atomic E-state index is -0.252. The second-order valence-corrected chi connectivity index (χ2v) is 3.27. The monoisotopic (exact) mass is 218 g/mol. The zero-order valence-corrected chi connectivity index (χ0v) is 9.10. The van der Waals surface area contributed by atoms with E-state index < -0.39 is 0 Å². The summed E-state index contributed by atoms with van der Waals surface area (Å²) < 4.78 is 0. The number of nitrogens with one attached hydrogen (secondary N) is 1. The van der Waals surface area contributed by atoms with Gasteiger partial charge >= 0.3 is 0 Å². The second kappa shape index (κ2) is 5.70. The molecular weight excluding hydrogens is 204 g/mol. The molecule has 0 radical (unpaired) electrons. The van der Waals surface area contributed by atoms with Gasteiger partial charge in [-0.05, 0) is 18.1 Å². The fourth-order valence-corrected chi connectivity index (χ4v) is 1.23. The molecule has 0 aromatic heterocycles. The van der Waals surface area contributed by atoms with Crippen LogP contribution in [-0.2, 0) is 11.2 Å². The molecule has 0 atom stereocenters. The van der Waals surface area contributed by atoms with Crippen molar-refractivity contribution < 1.29 is 9.90 Å². The number of allylic oxidation sites excluding steroid dienone is 1. The zero-order chi connectivity index (χ0) is 12.0. The Bertz CT molecular complexity index is 425. The van der Waals surface area contributed by atoms with Gasteiger partial charge in [0.05, 0.1) is 6.21 Å². The molecule has 1 aromatic carbocycles. The van der Waals surface area contributed by atoms with E-state index >= 15 is 0 Å². The van der Waals surface area contributed by atoms with Gasteiger partial charge in [0.25, 0.3) is 0 Å². The van der Waals surface area contributed by atoms with Crippen molar-refractivity contribution in [3.63, 3.8) is 0 Å². The summed E-state index contributed by atoms with van der Waals surface area (Å²) in [6, 6.07) is 5.34. The molecule has 0 spiro atoms. The molecule has 0 saturated carbocycles. The third kappa shape index (κ3) is 3.24. The van der Waals surface area contributed by atoms with E-state index in [2.05, 4.69) is 17.1 Å². The molecule has 0 bridgehead atoms. The van der Waals surface area contributed by atoms with Gasteiger partial charge in [-0.2, -0.15) is 5.10 Å². The first-order chi connectivity index (χ1) is 7.65. The minimum Gasteiger partial charge on any atom is -0.507 e. The van der Waals surface area contributed by atoms with Gasteiger partial charge in [0.2, 0.25) is 5.91 Å². The molecule has 0 fully saturated rings. The van der Waals surface area contributed by atoms with Crippen LogP contribution in [0.4, 0.5) is 0 Å². The molecule has 0 saturated heterocycles. The number of rotatable bonds is 4. The molecule has 1 amide bonds. The van der Waals surface area contributed by atoms with Crippen molar-refractivity contribution in [2.75, 3.05) is 0 Å². The summed E-state index contributed by atoms with van der Waals surface area (Å²) >= 11 is 0. The van der Waals surface area contributed by atoms with Gasteiger partial charge in [-0.15, -0.1) is 6.58 Å². The summed E-state index contributed by atoms with van der Waals surface area (Å²) in [6.07, 6.45) is 3.71. The number of hydrogen-bond acceptors (Lipinski definition) is 3. The first kappa shape index (κ1) is 12.0. The van der Waals surface area contributed by atoms with E-state index in [-0.39, 0.29) is 11.7 Å². The van der Waals surface area contributed by atoms with Crippen LogP contribution in [0.15, 0.2) is 36.0 Å². The van der Waals surface area contributed by atoms with Crippen molar-refractivity contribution in [2.24, 2.45) is 5.10 Å². The molecule has 16 heavy (non-hydrogen) atoms. The second-order valence-electron chi connectivity index (χ2n) is 3.27. The summed E-state index contributed by atoms with van der Waals surface area (Å²) in [5, 5.41) is 13.5. The highest BCUT2D eigenvalue weighted by molar-refractivity contribution is 5.85. The van der Waals surface area contributed by atoms with Gasteiger partial charge in [-0.3, -0.25) is 4.79 Å². The molecule has 1 aromatic rings. The average Bonchev–Trinajstić information content (AvgIpc) is 2.23. The Kier molecular flexibility index (Phi) is 4.27. The van der Waals surface area contributed by atoms with Crippen LogP contribution < -0.4 is 5.43 Å². The minimum absolute atomic E-state index is 0.163. The van der Waals surface area contributed by atoms with Gasteiger partial charge in [-0.25, -0.2) is 5.43 Å². The molecule has 0 unspecified atom stereocenters. The molecule has 4 heteroatoms. The third-order valence-electron chi connectivity index (χ3n) is 1.94. The van der Waals surface area contributed by atoms with Gasteiger partial charge in [-0.1, -0.05) is 18.2 Å². The molecular formula is C12H14N2O2. The quantitative estimate of drug-likeness (QED) is 0.458. The molecule has 1 rings (SSSR count). The van der Waals surface area contributed by atoms with Crippen LogP contribution >= 0.6 is 0 Å². The highest BCUT2D eigenvalue weighted by Crippen LogP contribution is 2.21. The number of carbonyl (C=O) groups excluding carboxylic acids is 1. The van der Waals surface area contributed by atoms with Crippen molar-refractivity contribution in [3.8, 4) is 5.75 Å². The van der Waals surface area contributed by atoms with E-state index in [1.54, 1.807) is 12.1 Å². The lowest BCUT2D eigenvalue weighted by molar-refractivity contribution is -0.118. The van der Waals surface area contributed by atoms with Crippen molar-refractivity contribution in [1.29, 1.82) is 0 Å². The highest BCUT2D eigenvalue weighted by Gasteiger charge is 2.03. The number of hydrogen-bond donors (Lipinski definition) is 2. The third-order valence-corrected chi connectivity index (χ3v) is 1.94. The summed E-state index contributed by atoms with van der Waals surface area (Å²) in [7, 11) is 0. The number of nitrogens with zero attached hydrogens (tertiary/aromatic N) is 1. The van der Waals surface area contributed by atoms with Crippen molar-refractivity contribution in [3.05, 3.63) is 42.0 Å². The molecule has 0 aliphatic carbocycles. The summed E-state index contributed by atoms with van der Waals surface area (Å²) in [4.78, 5) is 10.6. The maximum atomic E-state index is 10.6. The first-order valence-electron chi connectivity index (χ1n) is 4.86. The Morgan fingerprint density at radius 3 is 3.00 bits per heavy atom. The number of aromatic hydroxyl groups is 1. The van der Waals surface area contributed by atoms with Gasteiger partial charge in [0.1, 0.15) is 5.75 Å². The molecule has 4 nitrogen and oxygen atoms in total. The largest absolute Gasteiger partial charge is 0.507 e. The predicted octanol–water partition coefficient (Wildman–Crippen LogP) is 1.59. The van der Waals surface area contributed by atoms with Gasteiger partial charge in [0, 0.05) is 12.5 Å². The fraction of sp³-hybridized carbons (Fsp3) is 0.167. The highest BCUT2D eigenvalue weighted by atomic mass is 16.3. The SMILES string of the molecule is C=CCc1cccc(/C=N/NC(C)=O)c1O. The topological polar surface area (TPSA) is 61.7 Å². The predicted molar refractivity (Wildman–Crippen MR) is 63.4 cm³/mol. The Hall–Kier alpha value is -2.10. The molecule has 0 aliphatic rings. The lowest BCUT2D eigenvalue weighted by Gasteiger charge is -2.04. The van der Waals surface area contributed by atoms with E-state index in [1.807, 2.05) is 12.1 Å². The molecule has 2 N–H and O–H groups in total. The zero-order valence-electron chi connectivity index (χ0n) is 9.10. The van der Waals surface area contributed by atoms with E-state index in [4.69, 9.17) is 0 Å². The average molecular weight is 218 g/mol. The Morgan fingerprint density at radius 1 is 1.62 bits per heavy atom. The summed E-state index contributed by atoms with van der Waals surface area (Å²) in [5.74, 6) is -0.0884. The lowest BCUT2D eigenvalue weighted by atomic mass is 10.1. The number of hydrazone groups is 1. The Balaban J connectivity index is 2.88. The van der Waals surface area contributed by atoms with Crippen LogP contribution in [0.2, 0.25) is 0 Å². The maximum absolute atomic E-state index is 10.6. The van der Waals surface area contributed by atoms with Crippen LogP contribution in [0.1, 0.15) is 18.1 Å². The van der Waals surface area contributed by atoms with Crippen LogP contribution in [0, 0.1) is 0 Å². The number of benzene rings is 1. The van der Waals surface area contributed by atoms with E-state index in [1.165, 1.54) is 13.1 Å². The lowest BCUT2D eigenvalue weighted by Crippen LogP contribution is -2.12. The van der Waals surface area contributed by atoms with E-state index in [0.29, 0.717) is 12.0 Å². The molecule has 0 heterocycles. The smallest absolute Gasteiger partial charge is 0.236 e. The van der Waals surface area contributed by atoms with Crippen molar-refractivity contribution in [2.45, 2.75) is 13.3 Å². The number of phenols is 1. The van der Waals surface area contributed by atoms with Crippen molar-refractivity contribution >= 4 is 12.1 Å². The number of para-hydroxylation sites is 1. The normalized spacial score (nSPS) is 10.3. The standard InChI is InChI=1S/C12H14N2O2/c1-3-5-10-6-4-7-11(12(10)16)8-13-14-9(2)15/h3-4,6-8,16H,1,5H2,2H3,(H,14,15)/b13-8+. The number of phenolic OH excluding ortho intramolecular Hbond substituents is 1. The number of amides is 1. The molecule has 84 valence electrons. The summed E-state index contributed by atoms with van der Waals surface area (Å²) in [5.41, 5.74) is 3.61. The van der Waals surface area contributed by atoms with Gasteiger partial charge in [0.15, 0.2) is 0 Å². The Labute approximate surface area is 94.3 Å². The van der Waals surface area contributed by atoms with Crippen LogP contribution in [-0.4, -0.2) is 17.2 Å². The van der Waals surface area contributed by atoms with Crippen LogP contribution in [0.5, 0.6) is 5.75 Å². The number of carbonyl (C=O) groups is 1. The Morgan fingerprint density at radius 2 is 2.38 bits per heavy atom. The fourth-order valence-electron chi connectivity index (χ4n) is 1.23. The van der Waals surface area contributed by atoms with Crippen molar-refractivity contribution in [1.82, 2.24) is 5.43 Å². The maximum Gasteiger partial charge on any atom is 0.236 e. The van der Waals surface area contributed by atoms with Gasteiger partial charge < -0.3 is 5.11 Å². The van der Waals surface area contributed by atoms with E-state index in [9.17, 15) is 9.90 Å².